The molecular weight excluding hydrogens is 330 g/mol. The van der Waals surface area contributed by atoms with E-state index in [0.717, 1.165) is 25.7 Å². The van der Waals surface area contributed by atoms with Crippen molar-refractivity contribution in [1.82, 2.24) is 0 Å². The first kappa shape index (κ1) is 17.6. The van der Waals surface area contributed by atoms with Crippen molar-refractivity contribution in [3.8, 4) is 0 Å². The van der Waals surface area contributed by atoms with Gasteiger partial charge in [0.25, 0.3) is 0 Å². The SMILES string of the molecule is [Co+3].[O-]P([O-])([S-])=S(C1CCCCC1)C1CCCCC1. The van der Waals surface area contributed by atoms with Crippen LogP contribution < -0.4 is 9.79 Å². The fraction of sp³-hybridized carbons (Fsp3) is 1.00. The molecule has 2 saturated carbocycles. The molecule has 0 saturated heterocycles. The Balaban J connectivity index is 0.00000162. The zero-order valence-electron chi connectivity index (χ0n) is 10.6. The van der Waals surface area contributed by atoms with Crippen LogP contribution in [-0.2, 0) is 39.1 Å². The molecule has 0 radical (unpaired) electrons. The molecule has 2 fully saturated rings. The van der Waals surface area contributed by atoms with Gasteiger partial charge >= 0.3 is 16.8 Å². The molecule has 2 nitrogen and oxygen atoms in total. The Morgan fingerprint density at radius 1 is 0.778 bits per heavy atom. The molecule has 6 heteroatoms. The number of rotatable bonds is 2. The van der Waals surface area contributed by atoms with Gasteiger partial charge in [-0.2, -0.15) is 0 Å². The summed E-state index contributed by atoms with van der Waals surface area (Å²) in [6, 6.07) is 0. The van der Waals surface area contributed by atoms with E-state index in [1.54, 1.807) is 0 Å². The minimum atomic E-state index is -3.55. The molecule has 108 valence electrons. The van der Waals surface area contributed by atoms with Crippen LogP contribution in [-0.4, -0.2) is 10.5 Å². The Morgan fingerprint density at radius 2 is 1.11 bits per heavy atom. The first-order valence-corrected chi connectivity index (χ1v) is 11.4. The molecule has 2 aliphatic carbocycles. The van der Waals surface area contributed by atoms with E-state index in [2.05, 4.69) is 0 Å². The van der Waals surface area contributed by atoms with E-state index in [4.69, 9.17) is 12.2 Å². The van der Waals surface area contributed by atoms with Crippen LogP contribution >= 0.6 is 5.69 Å². The third-order valence-corrected chi connectivity index (χ3v) is 11.8. The van der Waals surface area contributed by atoms with Crippen LogP contribution in [0.1, 0.15) is 64.2 Å². The number of hydrogen-bond donors (Lipinski definition) is 0. The van der Waals surface area contributed by atoms with Crippen molar-refractivity contribution in [1.29, 1.82) is 0 Å². The topological polar surface area (TPSA) is 46.1 Å². The van der Waals surface area contributed by atoms with Crippen molar-refractivity contribution in [2.75, 3.05) is 0 Å². The maximum atomic E-state index is 12.0. The molecule has 2 rings (SSSR count). The summed E-state index contributed by atoms with van der Waals surface area (Å²) in [4.78, 5) is 24.0. The van der Waals surface area contributed by atoms with Gasteiger partial charge in [0.15, 0.2) is 0 Å². The van der Waals surface area contributed by atoms with E-state index in [1.807, 2.05) is 0 Å². The quantitative estimate of drug-likeness (QED) is 0.565. The zero-order chi connectivity index (χ0) is 12.3. The van der Waals surface area contributed by atoms with Gasteiger partial charge in [0.1, 0.15) is 0 Å². The molecule has 2 aliphatic rings. The molecule has 0 atom stereocenters. The predicted molar refractivity (Wildman–Crippen MR) is 75.4 cm³/mol. The van der Waals surface area contributed by atoms with Crippen LogP contribution in [0.3, 0.4) is 0 Å². The van der Waals surface area contributed by atoms with Gasteiger partial charge in [-0.3, -0.25) is 0 Å². The van der Waals surface area contributed by atoms with Gasteiger partial charge in [-0.1, -0.05) is 38.5 Å². The van der Waals surface area contributed by atoms with E-state index in [9.17, 15) is 9.79 Å². The van der Waals surface area contributed by atoms with E-state index in [0.29, 0.717) is 10.5 Å². The fourth-order valence-corrected chi connectivity index (χ4v) is 11.8. The Morgan fingerprint density at radius 3 is 1.39 bits per heavy atom. The van der Waals surface area contributed by atoms with Crippen molar-refractivity contribution in [3.05, 3.63) is 0 Å². The minimum absolute atomic E-state index is 0. The summed E-state index contributed by atoms with van der Waals surface area (Å²) in [7, 11) is -0.500. The largest absolute Gasteiger partial charge is 3.00 e. The van der Waals surface area contributed by atoms with Gasteiger partial charge in [0.05, 0.1) is 0 Å². The molecule has 0 aromatic rings. The normalized spacial score (nSPS) is 24.0. The molecule has 0 unspecified atom stereocenters. The Bertz CT molecular complexity index is 279. The van der Waals surface area contributed by atoms with Crippen molar-refractivity contribution in [2.45, 2.75) is 74.7 Å². The second kappa shape index (κ2) is 8.11. The molecule has 0 bridgehead atoms. The second-order valence-corrected chi connectivity index (χ2v) is 13.1. The summed E-state index contributed by atoms with van der Waals surface area (Å²) in [6.45, 7) is 0. The Kier molecular flexibility index (Phi) is 7.93. The molecule has 0 spiro atoms. The number of hydrogen-bond acceptors (Lipinski definition) is 3. The van der Waals surface area contributed by atoms with Gasteiger partial charge in [-0.25, -0.2) is 10.1 Å². The third-order valence-electron chi connectivity index (χ3n) is 4.05. The molecule has 0 N–H and O–H groups in total. The molecule has 18 heavy (non-hydrogen) atoms. The van der Waals surface area contributed by atoms with Crippen LogP contribution in [0.2, 0.25) is 0 Å². The van der Waals surface area contributed by atoms with Crippen LogP contribution in [0.4, 0.5) is 0 Å². The van der Waals surface area contributed by atoms with E-state index in [1.165, 1.54) is 38.5 Å². The molecular formula is C12H22CoO2PS2. The molecule has 0 aliphatic heterocycles. The third kappa shape index (κ3) is 4.83. The van der Waals surface area contributed by atoms with Crippen LogP contribution in [0, 0.1) is 0 Å². The average molecular weight is 352 g/mol. The van der Waals surface area contributed by atoms with Gasteiger partial charge in [0.2, 0.25) is 0 Å². The van der Waals surface area contributed by atoms with Crippen LogP contribution in [0.5, 0.6) is 0 Å². The smallest absolute Gasteiger partial charge is 0.854 e. The van der Waals surface area contributed by atoms with Crippen molar-refractivity contribution in [3.63, 3.8) is 0 Å². The first-order chi connectivity index (χ1) is 8.09. The van der Waals surface area contributed by atoms with Gasteiger partial charge in [-0.05, 0) is 36.2 Å². The maximum absolute atomic E-state index is 12.0. The zero-order valence-corrected chi connectivity index (χ0v) is 14.2. The maximum Gasteiger partial charge on any atom is 3.00 e. The summed E-state index contributed by atoms with van der Waals surface area (Å²) in [5.74, 6) is 0. The van der Waals surface area contributed by atoms with Crippen LogP contribution in [0.15, 0.2) is 0 Å². The van der Waals surface area contributed by atoms with Crippen molar-refractivity contribution < 1.29 is 26.6 Å². The van der Waals surface area contributed by atoms with E-state index < -0.39 is 15.8 Å². The Labute approximate surface area is 129 Å². The van der Waals surface area contributed by atoms with Gasteiger partial charge in [0, 0.05) is 0 Å². The van der Waals surface area contributed by atoms with Gasteiger partial charge in [-0.15, -0.1) is 0 Å². The van der Waals surface area contributed by atoms with E-state index in [-0.39, 0.29) is 16.8 Å². The summed E-state index contributed by atoms with van der Waals surface area (Å²) in [5.41, 5.74) is -3.55. The van der Waals surface area contributed by atoms with E-state index >= 15 is 0 Å². The summed E-state index contributed by atoms with van der Waals surface area (Å²) in [5, 5.41) is 0.792. The standard InChI is InChI=1S/C12H22O2PS2.Co/c13-15(14,16)17(11-7-3-1-4-8-11)12-9-5-2-6-10-12;/h11-12H,1-10H2;/q-3;+3. The summed E-state index contributed by atoms with van der Waals surface area (Å²) >= 11 is 4.88. The fourth-order valence-electron chi connectivity index (χ4n) is 3.25. The molecule has 0 aromatic heterocycles. The van der Waals surface area contributed by atoms with Crippen molar-refractivity contribution in [2.24, 2.45) is 0 Å². The second-order valence-electron chi connectivity index (χ2n) is 5.31. The average Bonchev–Trinajstić information content (AvgIpc) is 2.30. The van der Waals surface area contributed by atoms with Gasteiger partial charge < -0.3 is 27.7 Å². The summed E-state index contributed by atoms with van der Waals surface area (Å²) in [6.07, 6.45) is 11.8. The summed E-state index contributed by atoms with van der Waals surface area (Å²) < 4.78 is 0. The first-order valence-electron chi connectivity index (χ1n) is 6.83. The van der Waals surface area contributed by atoms with Crippen molar-refractivity contribution >= 4 is 28.0 Å². The molecule has 0 heterocycles. The monoisotopic (exact) mass is 352 g/mol. The predicted octanol–water partition coefficient (Wildman–Crippen LogP) is 2.21. The molecule has 0 amide bonds. The Hall–Kier alpha value is 1.56. The molecule has 0 aromatic carbocycles. The minimum Gasteiger partial charge on any atom is -0.854 e. The van der Waals surface area contributed by atoms with Crippen LogP contribution in [0.25, 0.3) is 0 Å².